The normalized spacial score (nSPS) is 45.2. The predicted octanol–water partition coefficient (Wildman–Crippen LogP) is 4.03. The van der Waals surface area contributed by atoms with Crippen LogP contribution in [0.3, 0.4) is 0 Å². The number of rotatable bonds is 11. The van der Waals surface area contributed by atoms with Crippen LogP contribution in [0.4, 0.5) is 0 Å². The van der Waals surface area contributed by atoms with Crippen molar-refractivity contribution in [3.05, 3.63) is 0 Å². The number of nitrogens with zero attached hydrogens (tertiary/aromatic N) is 2. The Morgan fingerprint density at radius 1 is 0.921 bits per heavy atom. The van der Waals surface area contributed by atoms with Crippen LogP contribution in [0.25, 0.3) is 0 Å². The molecule has 3 unspecified atom stereocenters. The lowest BCUT2D eigenvalue weighted by Crippen LogP contribution is -2.63. The van der Waals surface area contributed by atoms with Crippen LogP contribution in [-0.4, -0.2) is 91.4 Å². The Morgan fingerprint density at radius 3 is 2.47 bits per heavy atom. The van der Waals surface area contributed by atoms with Crippen LogP contribution in [-0.2, 0) is 9.57 Å². The molecule has 3 N–H and O–H groups in total. The minimum atomic E-state index is -0.960. The molecule has 0 aromatic heterocycles. The molecule has 4 saturated carbocycles. The largest absolute Gasteiger partial charge is 0.389 e. The summed E-state index contributed by atoms with van der Waals surface area (Å²) in [4.78, 5) is 10.4. The van der Waals surface area contributed by atoms with Gasteiger partial charge in [-0.1, -0.05) is 13.8 Å². The lowest BCUT2D eigenvalue weighted by molar-refractivity contribution is -0.270. The van der Waals surface area contributed by atoms with Gasteiger partial charge >= 0.3 is 0 Å². The summed E-state index contributed by atoms with van der Waals surface area (Å²) in [5, 5.41) is 23.8. The van der Waals surface area contributed by atoms with Crippen molar-refractivity contribution >= 4 is 0 Å². The fraction of sp³-hybridized carbons (Fsp3) is 1.00. The van der Waals surface area contributed by atoms with Gasteiger partial charge in [-0.05, 0) is 120 Å². The van der Waals surface area contributed by atoms with Crippen molar-refractivity contribution in [1.29, 1.82) is 0 Å². The Kier molecular flexibility index (Phi) is 8.87. The average molecular weight is 536 g/mol. The number of fused-ring (bicyclic) bond motifs is 5. The monoisotopic (exact) mass is 535 g/mol. The van der Waals surface area contributed by atoms with Gasteiger partial charge in [-0.15, -0.1) is 0 Å². The highest BCUT2D eigenvalue weighted by molar-refractivity contribution is 5.17. The molecule has 5 rings (SSSR count). The highest BCUT2D eigenvalue weighted by atomic mass is 16.6. The van der Waals surface area contributed by atoms with E-state index in [2.05, 4.69) is 43.2 Å². The second kappa shape index (κ2) is 11.5. The second-order valence-corrected chi connectivity index (χ2v) is 14.5. The van der Waals surface area contributed by atoms with Gasteiger partial charge in [-0.3, -0.25) is 0 Å². The summed E-state index contributed by atoms with van der Waals surface area (Å²) in [5.41, 5.74) is 2.80. The molecular weight excluding hydrogens is 478 g/mol. The maximum absolute atomic E-state index is 12.4. The number of ether oxygens (including phenoxy) is 1. The molecule has 5 fully saturated rings. The van der Waals surface area contributed by atoms with Crippen LogP contribution in [0.5, 0.6) is 0 Å². The number of aliphatic hydroxyl groups is 2. The zero-order valence-electron chi connectivity index (χ0n) is 24.8. The minimum Gasteiger partial charge on any atom is -0.389 e. The van der Waals surface area contributed by atoms with Gasteiger partial charge in [0.05, 0.1) is 18.8 Å². The van der Waals surface area contributed by atoms with Crippen molar-refractivity contribution < 1.29 is 19.8 Å². The first-order valence-electron chi connectivity index (χ1n) is 15.9. The third-order valence-corrected chi connectivity index (χ3v) is 12.3. The van der Waals surface area contributed by atoms with Gasteiger partial charge in [-0.2, -0.15) is 0 Å². The number of likely N-dealkylation sites (tertiary alicyclic amines) is 1. The predicted molar refractivity (Wildman–Crippen MR) is 150 cm³/mol. The van der Waals surface area contributed by atoms with E-state index in [1.165, 1.54) is 32.4 Å². The Balaban J connectivity index is 1.16. The Morgan fingerprint density at radius 2 is 1.71 bits per heavy atom. The molecule has 1 saturated heterocycles. The molecule has 8 atom stereocenters. The van der Waals surface area contributed by atoms with Gasteiger partial charge in [0.15, 0.2) is 5.79 Å². The molecular formula is C31H57N3O4. The van der Waals surface area contributed by atoms with Crippen LogP contribution in [0, 0.1) is 34.5 Å². The van der Waals surface area contributed by atoms with Crippen molar-refractivity contribution in [2.75, 3.05) is 60.0 Å². The lowest BCUT2D eigenvalue weighted by atomic mass is 9.43. The standard InChI is InChI=1S/C31H57N3O4/c1-28-14-15-30(35,37-20-7-18-34-16-5-6-17-34)22-24(28)8-9-27-26(28)11-12-29(2)25(10-13-31(27,29)36)23-32-38-21-19-33(3)4/h24-27,32,35-36H,5-23H2,1-4H3/t24?,25?,26-,27-,28+,29-,30?,31-/m1/s1. The average Bonchev–Trinajstić information content (AvgIpc) is 3.48. The first-order valence-corrected chi connectivity index (χ1v) is 15.9. The van der Waals surface area contributed by atoms with Crippen molar-refractivity contribution in [2.45, 2.75) is 102 Å². The summed E-state index contributed by atoms with van der Waals surface area (Å²) in [6, 6.07) is 0. The quantitative estimate of drug-likeness (QED) is 0.209. The SMILES string of the molecule is CN(C)CCONCC1CC[C@@]2(O)[C@@H]3CCC4CC(O)(OCCCN5CCCC5)CC[C@]4(C)[C@@H]3CC[C@]12C. The van der Waals surface area contributed by atoms with Gasteiger partial charge in [0, 0.05) is 37.9 Å². The van der Waals surface area contributed by atoms with Crippen LogP contribution < -0.4 is 5.48 Å². The van der Waals surface area contributed by atoms with Gasteiger partial charge in [0.2, 0.25) is 0 Å². The van der Waals surface area contributed by atoms with Crippen molar-refractivity contribution in [2.24, 2.45) is 34.5 Å². The minimum absolute atomic E-state index is 0.0525. The van der Waals surface area contributed by atoms with Crippen LogP contribution in [0.15, 0.2) is 0 Å². The van der Waals surface area contributed by atoms with Crippen molar-refractivity contribution in [1.82, 2.24) is 15.3 Å². The molecule has 7 nitrogen and oxygen atoms in total. The van der Waals surface area contributed by atoms with Gasteiger partial charge in [-0.25, -0.2) is 5.48 Å². The molecule has 1 aliphatic heterocycles. The molecule has 0 radical (unpaired) electrons. The molecule has 1 heterocycles. The summed E-state index contributed by atoms with van der Waals surface area (Å²) < 4.78 is 6.21. The molecule has 7 heteroatoms. The number of hydroxylamine groups is 1. The van der Waals surface area contributed by atoms with Gasteiger partial charge < -0.3 is 29.6 Å². The molecule has 5 aliphatic rings. The maximum Gasteiger partial charge on any atom is 0.165 e. The van der Waals surface area contributed by atoms with E-state index in [1.807, 2.05) is 0 Å². The molecule has 0 spiro atoms. The van der Waals surface area contributed by atoms with E-state index in [0.717, 1.165) is 77.4 Å². The van der Waals surface area contributed by atoms with Crippen LogP contribution in [0.2, 0.25) is 0 Å². The summed E-state index contributed by atoms with van der Waals surface area (Å²) in [6.07, 6.45) is 12.6. The summed E-state index contributed by atoms with van der Waals surface area (Å²) in [5.74, 6) is 0.886. The summed E-state index contributed by atoms with van der Waals surface area (Å²) >= 11 is 0. The van der Waals surface area contributed by atoms with E-state index in [9.17, 15) is 10.2 Å². The first-order chi connectivity index (χ1) is 18.1. The van der Waals surface area contributed by atoms with Crippen LogP contribution in [0.1, 0.15) is 90.9 Å². The smallest absolute Gasteiger partial charge is 0.165 e. The van der Waals surface area contributed by atoms with Crippen molar-refractivity contribution in [3.8, 4) is 0 Å². The number of hydrogen-bond acceptors (Lipinski definition) is 7. The fourth-order valence-electron chi connectivity index (χ4n) is 9.76. The Bertz CT molecular complexity index is 793. The summed E-state index contributed by atoms with van der Waals surface area (Å²) in [7, 11) is 4.12. The van der Waals surface area contributed by atoms with E-state index in [4.69, 9.17) is 9.57 Å². The number of likely N-dealkylation sites (N-methyl/N-ethyl adjacent to an activating group) is 1. The topological polar surface area (TPSA) is 77.4 Å². The zero-order chi connectivity index (χ0) is 27.0. The molecule has 0 bridgehead atoms. The zero-order valence-corrected chi connectivity index (χ0v) is 24.8. The van der Waals surface area contributed by atoms with Crippen LogP contribution >= 0.6 is 0 Å². The molecule has 38 heavy (non-hydrogen) atoms. The third kappa shape index (κ3) is 5.47. The molecule has 0 aromatic carbocycles. The highest BCUT2D eigenvalue weighted by Crippen LogP contribution is 2.69. The highest BCUT2D eigenvalue weighted by Gasteiger charge is 2.67. The Labute approximate surface area is 231 Å². The fourth-order valence-corrected chi connectivity index (χ4v) is 9.76. The lowest BCUT2D eigenvalue weighted by Gasteiger charge is -2.64. The Hall–Kier alpha value is -0.280. The van der Waals surface area contributed by atoms with E-state index < -0.39 is 11.4 Å². The number of nitrogens with one attached hydrogen (secondary N) is 1. The second-order valence-electron chi connectivity index (χ2n) is 14.5. The van der Waals surface area contributed by atoms with E-state index in [1.54, 1.807) is 0 Å². The van der Waals surface area contributed by atoms with E-state index in [-0.39, 0.29) is 10.8 Å². The third-order valence-electron chi connectivity index (χ3n) is 12.3. The summed E-state index contributed by atoms with van der Waals surface area (Å²) in [6.45, 7) is 11.5. The first kappa shape index (κ1) is 29.2. The molecule has 0 aromatic rings. The van der Waals surface area contributed by atoms with E-state index >= 15 is 0 Å². The van der Waals surface area contributed by atoms with Gasteiger partial charge in [0.25, 0.3) is 0 Å². The maximum atomic E-state index is 12.4. The van der Waals surface area contributed by atoms with E-state index in [0.29, 0.717) is 36.9 Å². The molecule has 4 aliphatic carbocycles. The number of hydrogen-bond donors (Lipinski definition) is 3. The molecule has 220 valence electrons. The van der Waals surface area contributed by atoms with Gasteiger partial charge in [0.1, 0.15) is 0 Å². The van der Waals surface area contributed by atoms with Crippen molar-refractivity contribution in [3.63, 3.8) is 0 Å². The molecule has 0 amide bonds.